The minimum Gasteiger partial charge on any atom is -0.497 e. The molecule has 27 heavy (non-hydrogen) atoms. The number of hydrogen-bond donors (Lipinski definition) is 2. The van der Waals surface area contributed by atoms with Gasteiger partial charge in [-0.2, -0.15) is 0 Å². The number of carbonyl (C=O) groups is 3. The van der Waals surface area contributed by atoms with Crippen LogP contribution in [0.1, 0.15) is 34.8 Å². The molecule has 0 saturated carbocycles. The number of rotatable bonds is 6. The maximum Gasteiger partial charge on any atom is 0.325 e. The Morgan fingerprint density at radius 3 is 2.26 bits per heavy atom. The van der Waals surface area contributed by atoms with Gasteiger partial charge in [0, 0.05) is 5.56 Å². The molecule has 3 rings (SSSR count). The lowest BCUT2D eigenvalue weighted by atomic mass is 9.87. The zero-order chi connectivity index (χ0) is 19.6. The van der Waals surface area contributed by atoms with E-state index in [1.54, 1.807) is 55.6 Å². The Morgan fingerprint density at radius 2 is 1.74 bits per heavy atom. The zero-order valence-electron chi connectivity index (χ0n) is 15.2. The van der Waals surface area contributed by atoms with Gasteiger partial charge in [-0.3, -0.25) is 14.5 Å². The van der Waals surface area contributed by atoms with E-state index in [2.05, 4.69) is 5.32 Å². The average Bonchev–Trinajstić information content (AvgIpc) is 2.93. The van der Waals surface area contributed by atoms with Crippen molar-refractivity contribution in [1.29, 1.82) is 0 Å². The molecule has 1 atom stereocenters. The van der Waals surface area contributed by atoms with Crippen LogP contribution in [-0.4, -0.2) is 29.9 Å². The molecule has 140 valence electrons. The Bertz CT molecular complexity index is 877. The second kappa shape index (κ2) is 7.11. The molecule has 1 aliphatic heterocycles. The van der Waals surface area contributed by atoms with E-state index in [0.29, 0.717) is 23.3 Å². The predicted molar refractivity (Wildman–Crippen MR) is 99.0 cm³/mol. The molecule has 0 aliphatic carbocycles. The summed E-state index contributed by atoms with van der Waals surface area (Å²) in [5.41, 5.74) is 5.94. The number of nitrogens with one attached hydrogen (secondary N) is 1. The third-order valence-electron chi connectivity index (χ3n) is 4.87. The van der Waals surface area contributed by atoms with Crippen LogP contribution in [0.25, 0.3) is 0 Å². The van der Waals surface area contributed by atoms with Gasteiger partial charge in [0.05, 0.1) is 13.7 Å². The van der Waals surface area contributed by atoms with Crippen molar-refractivity contribution in [2.75, 3.05) is 7.11 Å². The van der Waals surface area contributed by atoms with Gasteiger partial charge < -0.3 is 15.8 Å². The molecule has 1 unspecified atom stereocenters. The number of amides is 4. The largest absolute Gasteiger partial charge is 0.497 e. The van der Waals surface area contributed by atoms with E-state index in [4.69, 9.17) is 10.5 Å². The topological polar surface area (TPSA) is 102 Å². The van der Waals surface area contributed by atoms with Gasteiger partial charge >= 0.3 is 6.03 Å². The summed E-state index contributed by atoms with van der Waals surface area (Å²) in [5, 5.41) is 2.84. The van der Waals surface area contributed by atoms with Crippen molar-refractivity contribution < 1.29 is 19.1 Å². The van der Waals surface area contributed by atoms with E-state index in [-0.39, 0.29) is 12.5 Å². The molecule has 2 aromatic carbocycles. The number of primary amides is 1. The van der Waals surface area contributed by atoms with Crippen LogP contribution in [-0.2, 0) is 16.9 Å². The minimum absolute atomic E-state index is 0.113. The summed E-state index contributed by atoms with van der Waals surface area (Å²) < 4.78 is 5.16. The normalized spacial score (nSPS) is 19.1. The molecule has 0 radical (unpaired) electrons. The Labute approximate surface area is 157 Å². The molecule has 3 N–H and O–H groups in total. The first-order valence-electron chi connectivity index (χ1n) is 8.58. The second-order valence-corrected chi connectivity index (χ2v) is 6.37. The molecule has 2 aromatic rings. The van der Waals surface area contributed by atoms with Crippen LogP contribution in [0, 0.1) is 0 Å². The molecule has 1 fully saturated rings. The number of urea groups is 1. The Hall–Kier alpha value is -3.35. The van der Waals surface area contributed by atoms with Gasteiger partial charge in [0.1, 0.15) is 11.3 Å². The zero-order valence-corrected chi connectivity index (χ0v) is 15.2. The fourth-order valence-electron chi connectivity index (χ4n) is 3.24. The standard InChI is InChI=1S/C20H21N3O4/c1-3-20(15-8-10-16(27-2)11-9-15)18(25)23(19(26)22-20)12-13-4-6-14(7-5-13)17(21)24/h4-11H,3,12H2,1-2H3,(H2,21,24)(H,22,26). The summed E-state index contributed by atoms with van der Waals surface area (Å²) in [4.78, 5) is 38.0. The molecular formula is C20H21N3O4. The maximum absolute atomic E-state index is 13.1. The number of nitrogens with zero attached hydrogens (tertiary/aromatic N) is 1. The van der Waals surface area contributed by atoms with Gasteiger partial charge in [-0.05, 0) is 41.8 Å². The van der Waals surface area contributed by atoms with E-state index in [1.807, 2.05) is 6.92 Å². The number of benzene rings is 2. The summed E-state index contributed by atoms with van der Waals surface area (Å²) in [6, 6.07) is 13.2. The summed E-state index contributed by atoms with van der Waals surface area (Å²) in [6.45, 7) is 1.97. The van der Waals surface area contributed by atoms with Crippen LogP contribution >= 0.6 is 0 Å². The highest BCUT2D eigenvalue weighted by Gasteiger charge is 2.51. The molecule has 0 aromatic heterocycles. The lowest BCUT2D eigenvalue weighted by Gasteiger charge is -2.26. The predicted octanol–water partition coefficient (Wildman–Crippen LogP) is 2.15. The first kappa shape index (κ1) is 18.4. The van der Waals surface area contributed by atoms with Crippen molar-refractivity contribution in [1.82, 2.24) is 10.2 Å². The second-order valence-electron chi connectivity index (χ2n) is 6.37. The van der Waals surface area contributed by atoms with Crippen molar-refractivity contribution in [3.63, 3.8) is 0 Å². The van der Waals surface area contributed by atoms with Gasteiger partial charge in [0.15, 0.2) is 0 Å². The first-order chi connectivity index (χ1) is 12.9. The van der Waals surface area contributed by atoms with Gasteiger partial charge in [0.25, 0.3) is 5.91 Å². The molecule has 1 saturated heterocycles. The number of imide groups is 1. The fourth-order valence-corrected chi connectivity index (χ4v) is 3.24. The monoisotopic (exact) mass is 367 g/mol. The quantitative estimate of drug-likeness (QED) is 0.764. The fraction of sp³-hybridized carbons (Fsp3) is 0.250. The van der Waals surface area contributed by atoms with Crippen molar-refractivity contribution in [2.45, 2.75) is 25.4 Å². The van der Waals surface area contributed by atoms with Gasteiger partial charge in [-0.1, -0.05) is 31.2 Å². The highest BCUT2D eigenvalue weighted by Crippen LogP contribution is 2.34. The molecule has 7 heteroatoms. The number of methoxy groups -OCH3 is 1. The summed E-state index contributed by atoms with van der Waals surface area (Å²) in [5.74, 6) is -0.159. The van der Waals surface area contributed by atoms with Gasteiger partial charge in [-0.25, -0.2) is 4.79 Å². The first-order valence-corrected chi connectivity index (χ1v) is 8.58. The number of hydrogen-bond acceptors (Lipinski definition) is 4. The molecular weight excluding hydrogens is 346 g/mol. The van der Waals surface area contributed by atoms with E-state index in [1.165, 1.54) is 4.90 Å². The molecule has 7 nitrogen and oxygen atoms in total. The summed E-state index contributed by atoms with van der Waals surface area (Å²) >= 11 is 0. The lowest BCUT2D eigenvalue weighted by molar-refractivity contribution is -0.132. The molecule has 0 bridgehead atoms. The van der Waals surface area contributed by atoms with Crippen LogP contribution in [0.3, 0.4) is 0 Å². The van der Waals surface area contributed by atoms with E-state index < -0.39 is 17.5 Å². The van der Waals surface area contributed by atoms with Crippen LogP contribution < -0.4 is 15.8 Å². The molecule has 0 spiro atoms. The molecule has 1 heterocycles. The van der Waals surface area contributed by atoms with E-state index in [9.17, 15) is 14.4 Å². The minimum atomic E-state index is -1.10. The van der Waals surface area contributed by atoms with Crippen molar-refractivity contribution in [3.05, 3.63) is 65.2 Å². The summed E-state index contributed by atoms with van der Waals surface area (Å²) in [6.07, 6.45) is 0.418. The lowest BCUT2D eigenvalue weighted by Crippen LogP contribution is -2.43. The van der Waals surface area contributed by atoms with Crippen molar-refractivity contribution in [2.24, 2.45) is 5.73 Å². The van der Waals surface area contributed by atoms with Gasteiger partial charge in [-0.15, -0.1) is 0 Å². The van der Waals surface area contributed by atoms with Crippen LogP contribution in [0.5, 0.6) is 5.75 Å². The van der Waals surface area contributed by atoms with Crippen LogP contribution in [0.15, 0.2) is 48.5 Å². The average molecular weight is 367 g/mol. The van der Waals surface area contributed by atoms with E-state index in [0.717, 1.165) is 5.56 Å². The van der Waals surface area contributed by atoms with Gasteiger partial charge in [0.2, 0.25) is 5.91 Å². The molecule has 4 amide bonds. The van der Waals surface area contributed by atoms with E-state index >= 15 is 0 Å². The Morgan fingerprint density at radius 1 is 1.11 bits per heavy atom. The number of ether oxygens (including phenoxy) is 1. The number of carbonyl (C=O) groups excluding carboxylic acids is 3. The maximum atomic E-state index is 13.1. The SMILES string of the molecule is CCC1(c2ccc(OC)cc2)NC(=O)N(Cc2ccc(C(N)=O)cc2)C1=O. The van der Waals surface area contributed by atoms with Crippen LogP contribution in [0.4, 0.5) is 4.79 Å². The highest BCUT2D eigenvalue weighted by atomic mass is 16.5. The van der Waals surface area contributed by atoms with Crippen molar-refractivity contribution >= 4 is 17.8 Å². The van der Waals surface area contributed by atoms with Crippen LogP contribution in [0.2, 0.25) is 0 Å². The summed E-state index contributed by atoms with van der Waals surface area (Å²) in [7, 11) is 1.57. The van der Waals surface area contributed by atoms with Crippen molar-refractivity contribution in [3.8, 4) is 5.75 Å². The third kappa shape index (κ3) is 3.23. The third-order valence-corrected chi connectivity index (χ3v) is 4.87. The smallest absolute Gasteiger partial charge is 0.325 e. The Balaban J connectivity index is 1.87. The highest BCUT2D eigenvalue weighted by molar-refractivity contribution is 6.07. The number of nitrogens with two attached hydrogens (primary N) is 1. The Kier molecular flexibility index (Phi) is 4.85. The molecule has 1 aliphatic rings.